The summed E-state index contributed by atoms with van der Waals surface area (Å²) in [5.41, 5.74) is 1.18. The molecule has 0 amide bonds. The molecule has 0 radical (unpaired) electrons. The van der Waals surface area contributed by atoms with Crippen LogP contribution in [0.3, 0.4) is 0 Å². The second-order valence-electron chi connectivity index (χ2n) is 9.14. The molecule has 0 aliphatic rings. The zero-order chi connectivity index (χ0) is 28.2. The van der Waals surface area contributed by atoms with Crippen LogP contribution in [0.1, 0.15) is 42.8 Å². The van der Waals surface area contributed by atoms with Gasteiger partial charge in [0.2, 0.25) is 21.7 Å². The lowest BCUT2D eigenvalue weighted by molar-refractivity contribution is 0.161. The molecule has 10 heteroatoms. The summed E-state index contributed by atoms with van der Waals surface area (Å²) in [5, 5.41) is 11.4. The van der Waals surface area contributed by atoms with E-state index in [9.17, 15) is 22.7 Å². The lowest BCUT2D eigenvalue weighted by Gasteiger charge is -2.25. The maximum absolute atomic E-state index is 13.9. The molecule has 39 heavy (non-hydrogen) atoms. The molecular formula is C29H30FN3O5S. The van der Waals surface area contributed by atoms with Gasteiger partial charge in [0.1, 0.15) is 5.82 Å². The third-order valence-electron chi connectivity index (χ3n) is 6.60. The fraction of sp³-hybridized carbons (Fsp3) is 0.276. The maximum Gasteiger partial charge on any atom is 0.296 e. The summed E-state index contributed by atoms with van der Waals surface area (Å²) >= 11 is 0. The van der Waals surface area contributed by atoms with Crippen molar-refractivity contribution in [1.82, 2.24) is 14.5 Å². The number of aromatic nitrogens is 3. The molecule has 2 aromatic carbocycles. The van der Waals surface area contributed by atoms with Crippen molar-refractivity contribution in [2.75, 3.05) is 13.7 Å². The Kier molecular flexibility index (Phi) is 8.57. The van der Waals surface area contributed by atoms with E-state index in [2.05, 4.69) is 9.97 Å². The molecule has 1 atom stereocenters. The molecule has 0 bridgehead atoms. The first-order valence-corrected chi connectivity index (χ1v) is 14.0. The van der Waals surface area contributed by atoms with Crippen LogP contribution in [0.4, 0.5) is 4.39 Å². The molecule has 0 aliphatic carbocycles. The number of sulfone groups is 1. The van der Waals surface area contributed by atoms with Gasteiger partial charge < -0.3 is 9.84 Å². The van der Waals surface area contributed by atoms with Crippen molar-refractivity contribution in [3.63, 3.8) is 0 Å². The fourth-order valence-electron chi connectivity index (χ4n) is 4.53. The van der Waals surface area contributed by atoms with Gasteiger partial charge in [0.25, 0.3) is 5.56 Å². The molecule has 2 heterocycles. The van der Waals surface area contributed by atoms with Crippen LogP contribution >= 0.6 is 0 Å². The Balaban J connectivity index is 1.87. The molecule has 0 fully saturated rings. The highest BCUT2D eigenvalue weighted by Gasteiger charge is 2.32. The minimum Gasteiger partial charge on any atom is -0.493 e. The Labute approximate surface area is 226 Å². The van der Waals surface area contributed by atoms with Crippen LogP contribution < -0.4 is 5.56 Å². The lowest BCUT2D eigenvalue weighted by atomic mass is 10.0. The third kappa shape index (κ3) is 5.62. The Hall–Kier alpha value is -3.89. The first kappa shape index (κ1) is 28.1. The van der Waals surface area contributed by atoms with Crippen LogP contribution in [-0.4, -0.2) is 41.8 Å². The number of methoxy groups -OCH3 is 1. The van der Waals surface area contributed by atoms with Crippen LogP contribution in [0.15, 0.2) is 81.4 Å². The number of aryl methyl sites for hydroxylation is 1. The molecule has 1 N–H and O–H groups in total. The summed E-state index contributed by atoms with van der Waals surface area (Å²) in [5.74, 6) is -1.04. The SMILES string of the molecule is CCCCc1nc(=O)c(S(=O)(=O)c2ccc(-c3ccnc(F)c3C)cc2)c(O)n1C(COC)c1ccccc1. The number of hydrogen-bond acceptors (Lipinski definition) is 7. The number of benzene rings is 2. The normalized spacial score (nSPS) is 12.4. The van der Waals surface area contributed by atoms with Gasteiger partial charge in [0.15, 0.2) is 4.90 Å². The van der Waals surface area contributed by atoms with Crippen molar-refractivity contribution in [2.45, 2.75) is 48.9 Å². The van der Waals surface area contributed by atoms with E-state index in [0.717, 1.165) is 12.0 Å². The highest BCUT2D eigenvalue weighted by Crippen LogP contribution is 2.33. The molecule has 2 aromatic heterocycles. The molecule has 8 nitrogen and oxygen atoms in total. The predicted octanol–water partition coefficient (Wildman–Crippen LogP) is 4.87. The third-order valence-corrected chi connectivity index (χ3v) is 8.38. The zero-order valence-corrected chi connectivity index (χ0v) is 22.8. The van der Waals surface area contributed by atoms with E-state index in [4.69, 9.17) is 4.74 Å². The average Bonchev–Trinajstić information content (AvgIpc) is 2.93. The fourth-order valence-corrected chi connectivity index (χ4v) is 5.87. The van der Waals surface area contributed by atoms with Crippen LogP contribution in [0, 0.1) is 12.9 Å². The molecule has 4 rings (SSSR count). The highest BCUT2D eigenvalue weighted by atomic mass is 32.2. The van der Waals surface area contributed by atoms with Gasteiger partial charge >= 0.3 is 0 Å². The first-order valence-electron chi connectivity index (χ1n) is 12.6. The van der Waals surface area contributed by atoms with E-state index in [-0.39, 0.29) is 17.3 Å². The number of unbranched alkanes of at least 4 members (excludes halogenated alkanes) is 1. The summed E-state index contributed by atoms with van der Waals surface area (Å²) in [7, 11) is -2.98. The molecule has 1 unspecified atom stereocenters. The van der Waals surface area contributed by atoms with Gasteiger partial charge in [-0.05, 0) is 48.2 Å². The molecule has 0 saturated carbocycles. The Morgan fingerprint density at radius 2 is 1.77 bits per heavy atom. The monoisotopic (exact) mass is 551 g/mol. The van der Waals surface area contributed by atoms with Crippen molar-refractivity contribution >= 4 is 9.84 Å². The van der Waals surface area contributed by atoms with Crippen molar-refractivity contribution < 1.29 is 22.7 Å². The van der Waals surface area contributed by atoms with Gasteiger partial charge in [0, 0.05) is 25.3 Å². The van der Waals surface area contributed by atoms with E-state index < -0.39 is 38.2 Å². The minimum atomic E-state index is -4.48. The van der Waals surface area contributed by atoms with Gasteiger partial charge in [0.05, 0.1) is 17.5 Å². The van der Waals surface area contributed by atoms with E-state index in [1.165, 1.54) is 42.1 Å². The Bertz CT molecular complexity index is 1620. The van der Waals surface area contributed by atoms with Gasteiger partial charge in [-0.3, -0.25) is 9.36 Å². The minimum absolute atomic E-state index is 0.108. The van der Waals surface area contributed by atoms with Crippen molar-refractivity contribution in [3.8, 4) is 17.0 Å². The van der Waals surface area contributed by atoms with Gasteiger partial charge in [-0.2, -0.15) is 9.37 Å². The number of hydrogen-bond donors (Lipinski definition) is 1. The molecule has 204 valence electrons. The van der Waals surface area contributed by atoms with Gasteiger partial charge in [-0.15, -0.1) is 0 Å². The van der Waals surface area contributed by atoms with Crippen molar-refractivity contribution in [3.05, 3.63) is 100 Å². The topological polar surface area (TPSA) is 111 Å². The molecule has 0 spiro atoms. The van der Waals surface area contributed by atoms with E-state index in [0.29, 0.717) is 29.5 Å². The quantitative estimate of drug-likeness (QED) is 0.280. The standard InChI is InChI=1S/C29H30FN3O5S/c1-4-5-11-25-32-28(34)26(29(35)33(25)24(18-38-3)21-9-7-6-8-10-21)39(36,37)22-14-12-20(13-15-22)23-16-17-31-27(30)19(23)2/h6-10,12-17,24,35H,4-5,11,18H2,1-3H3. The van der Waals surface area contributed by atoms with Crippen LogP contribution in [0.25, 0.3) is 11.1 Å². The van der Waals surface area contributed by atoms with E-state index >= 15 is 0 Å². The summed E-state index contributed by atoms with van der Waals surface area (Å²) in [6.07, 6.45) is 3.19. The van der Waals surface area contributed by atoms with Gasteiger partial charge in [-0.25, -0.2) is 13.4 Å². The van der Waals surface area contributed by atoms with Crippen LogP contribution in [0.2, 0.25) is 0 Å². The second kappa shape index (κ2) is 11.9. The lowest BCUT2D eigenvalue weighted by Crippen LogP contribution is -2.29. The molecule has 0 saturated heterocycles. The Morgan fingerprint density at radius 1 is 1.08 bits per heavy atom. The number of aromatic hydroxyl groups is 1. The number of ether oxygens (including phenoxy) is 1. The van der Waals surface area contributed by atoms with Crippen LogP contribution in [0.5, 0.6) is 5.88 Å². The second-order valence-corrected chi connectivity index (χ2v) is 11.0. The molecular weight excluding hydrogens is 521 g/mol. The Morgan fingerprint density at radius 3 is 2.41 bits per heavy atom. The summed E-state index contributed by atoms with van der Waals surface area (Å²) in [6, 6.07) is 15.8. The molecule has 4 aromatic rings. The number of halogens is 1. The average molecular weight is 552 g/mol. The molecule has 0 aliphatic heterocycles. The predicted molar refractivity (Wildman–Crippen MR) is 145 cm³/mol. The number of pyridine rings is 1. The largest absolute Gasteiger partial charge is 0.493 e. The van der Waals surface area contributed by atoms with E-state index in [1.54, 1.807) is 13.0 Å². The van der Waals surface area contributed by atoms with E-state index in [1.807, 2.05) is 37.3 Å². The van der Waals surface area contributed by atoms with Crippen molar-refractivity contribution in [1.29, 1.82) is 0 Å². The summed E-state index contributed by atoms with van der Waals surface area (Å²) in [6.45, 7) is 3.67. The zero-order valence-electron chi connectivity index (χ0n) is 22.0. The smallest absolute Gasteiger partial charge is 0.296 e. The maximum atomic E-state index is 13.9. The number of nitrogens with zero attached hydrogens (tertiary/aromatic N) is 3. The summed E-state index contributed by atoms with van der Waals surface area (Å²) in [4.78, 5) is 19.9. The summed E-state index contributed by atoms with van der Waals surface area (Å²) < 4.78 is 48.2. The van der Waals surface area contributed by atoms with Crippen molar-refractivity contribution in [2.24, 2.45) is 0 Å². The van der Waals surface area contributed by atoms with Gasteiger partial charge in [-0.1, -0.05) is 55.8 Å². The first-order chi connectivity index (χ1) is 18.7. The van der Waals surface area contributed by atoms with Crippen LogP contribution in [-0.2, 0) is 21.0 Å². The highest BCUT2D eigenvalue weighted by molar-refractivity contribution is 7.91. The number of rotatable bonds is 10.